The standard InChI is InChI=1S/C14H20N2O3/c1-10(2)13(11-6-4-3-5-7-11)16-14(19)15-9-8-12(17)18/h3-7,10,13H,8-9H2,1-2H3,(H,17,18)(H2,15,16,19). The monoisotopic (exact) mass is 264 g/mol. The van der Waals surface area contributed by atoms with E-state index in [1.54, 1.807) is 0 Å². The Morgan fingerprint density at radius 1 is 1.21 bits per heavy atom. The van der Waals surface area contributed by atoms with E-state index in [1.807, 2.05) is 44.2 Å². The minimum absolute atomic E-state index is 0.0783. The van der Waals surface area contributed by atoms with E-state index in [-0.39, 0.29) is 31.0 Å². The zero-order chi connectivity index (χ0) is 14.3. The van der Waals surface area contributed by atoms with Crippen molar-refractivity contribution in [3.05, 3.63) is 35.9 Å². The van der Waals surface area contributed by atoms with Gasteiger partial charge in [0, 0.05) is 6.54 Å². The Balaban J connectivity index is 2.55. The summed E-state index contributed by atoms with van der Waals surface area (Å²) in [4.78, 5) is 22.1. The molecule has 5 heteroatoms. The summed E-state index contributed by atoms with van der Waals surface area (Å²) in [5.41, 5.74) is 1.03. The van der Waals surface area contributed by atoms with Gasteiger partial charge >= 0.3 is 12.0 Å². The average Bonchev–Trinajstić information content (AvgIpc) is 2.36. The van der Waals surface area contributed by atoms with Crippen LogP contribution in [-0.4, -0.2) is 23.7 Å². The van der Waals surface area contributed by atoms with E-state index in [1.165, 1.54) is 0 Å². The lowest BCUT2D eigenvalue weighted by Gasteiger charge is -2.23. The number of amides is 2. The molecule has 19 heavy (non-hydrogen) atoms. The van der Waals surface area contributed by atoms with Gasteiger partial charge in [-0.25, -0.2) is 4.79 Å². The van der Waals surface area contributed by atoms with Crippen LogP contribution in [0.3, 0.4) is 0 Å². The van der Waals surface area contributed by atoms with Gasteiger partial charge in [0.05, 0.1) is 12.5 Å². The van der Waals surface area contributed by atoms with Crippen LogP contribution < -0.4 is 10.6 Å². The molecule has 2 amide bonds. The summed E-state index contributed by atoms with van der Waals surface area (Å²) in [7, 11) is 0. The molecule has 1 atom stereocenters. The van der Waals surface area contributed by atoms with E-state index >= 15 is 0 Å². The van der Waals surface area contributed by atoms with E-state index in [4.69, 9.17) is 5.11 Å². The van der Waals surface area contributed by atoms with E-state index in [2.05, 4.69) is 10.6 Å². The third kappa shape index (κ3) is 5.42. The van der Waals surface area contributed by atoms with Crippen LogP contribution in [0.25, 0.3) is 0 Å². The number of carbonyl (C=O) groups is 2. The Morgan fingerprint density at radius 2 is 1.84 bits per heavy atom. The fourth-order valence-corrected chi connectivity index (χ4v) is 1.77. The summed E-state index contributed by atoms with van der Waals surface area (Å²) < 4.78 is 0. The van der Waals surface area contributed by atoms with Gasteiger partial charge in [-0.2, -0.15) is 0 Å². The highest BCUT2D eigenvalue weighted by Crippen LogP contribution is 2.20. The summed E-state index contributed by atoms with van der Waals surface area (Å²) in [6.45, 7) is 4.17. The van der Waals surface area contributed by atoms with Crippen molar-refractivity contribution < 1.29 is 14.7 Å². The van der Waals surface area contributed by atoms with Gasteiger partial charge in [0.2, 0.25) is 0 Å². The van der Waals surface area contributed by atoms with Crippen LogP contribution in [0, 0.1) is 5.92 Å². The topological polar surface area (TPSA) is 78.4 Å². The molecule has 0 aliphatic rings. The highest BCUT2D eigenvalue weighted by Gasteiger charge is 2.17. The van der Waals surface area contributed by atoms with Crippen molar-refractivity contribution in [1.82, 2.24) is 10.6 Å². The van der Waals surface area contributed by atoms with Crippen molar-refractivity contribution in [2.45, 2.75) is 26.3 Å². The van der Waals surface area contributed by atoms with Gasteiger partial charge in [0.25, 0.3) is 0 Å². The fourth-order valence-electron chi connectivity index (χ4n) is 1.77. The molecule has 0 saturated heterocycles. The molecular weight excluding hydrogens is 244 g/mol. The van der Waals surface area contributed by atoms with Crippen molar-refractivity contribution in [3.63, 3.8) is 0 Å². The fraction of sp³-hybridized carbons (Fsp3) is 0.429. The molecule has 0 bridgehead atoms. The molecule has 0 heterocycles. The lowest BCUT2D eigenvalue weighted by molar-refractivity contribution is -0.136. The van der Waals surface area contributed by atoms with Gasteiger partial charge in [-0.05, 0) is 11.5 Å². The quantitative estimate of drug-likeness (QED) is 0.736. The number of carbonyl (C=O) groups excluding carboxylic acids is 1. The molecule has 0 aliphatic heterocycles. The number of hydrogen-bond donors (Lipinski definition) is 3. The smallest absolute Gasteiger partial charge is 0.315 e. The van der Waals surface area contributed by atoms with Crippen molar-refractivity contribution in [2.24, 2.45) is 5.92 Å². The summed E-state index contributed by atoms with van der Waals surface area (Å²) in [6.07, 6.45) is -0.0783. The molecule has 0 radical (unpaired) electrons. The number of aliphatic carboxylic acids is 1. The van der Waals surface area contributed by atoms with Crippen LogP contribution in [0.15, 0.2) is 30.3 Å². The molecular formula is C14H20N2O3. The number of nitrogens with one attached hydrogen (secondary N) is 2. The highest BCUT2D eigenvalue weighted by atomic mass is 16.4. The molecule has 3 N–H and O–H groups in total. The van der Waals surface area contributed by atoms with Gasteiger partial charge in [-0.1, -0.05) is 44.2 Å². The lowest BCUT2D eigenvalue weighted by atomic mass is 9.96. The Kier molecular flexibility index (Phi) is 5.85. The average molecular weight is 264 g/mol. The second kappa shape index (κ2) is 7.41. The Hall–Kier alpha value is -2.04. The number of urea groups is 1. The van der Waals surface area contributed by atoms with Crippen molar-refractivity contribution >= 4 is 12.0 Å². The molecule has 1 unspecified atom stereocenters. The Labute approximate surface area is 113 Å². The van der Waals surface area contributed by atoms with Crippen LogP contribution in [0.5, 0.6) is 0 Å². The number of hydrogen-bond acceptors (Lipinski definition) is 2. The summed E-state index contributed by atoms with van der Waals surface area (Å²) in [6, 6.07) is 9.26. The molecule has 0 fully saturated rings. The molecule has 1 rings (SSSR count). The van der Waals surface area contributed by atoms with Crippen LogP contribution in [0.4, 0.5) is 4.79 Å². The number of carboxylic acids is 1. The first-order valence-corrected chi connectivity index (χ1v) is 6.32. The van der Waals surface area contributed by atoms with Crippen LogP contribution in [-0.2, 0) is 4.79 Å². The Bertz CT molecular complexity index is 418. The molecule has 0 aromatic heterocycles. The Morgan fingerprint density at radius 3 is 2.37 bits per heavy atom. The summed E-state index contributed by atoms with van der Waals surface area (Å²) >= 11 is 0. The molecule has 0 aliphatic carbocycles. The maximum Gasteiger partial charge on any atom is 0.315 e. The van der Waals surface area contributed by atoms with Gasteiger partial charge in [0.1, 0.15) is 0 Å². The first kappa shape index (κ1) is 15.0. The molecule has 1 aromatic carbocycles. The van der Waals surface area contributed by atoms with E-state index in [0.717, 1.165) is 5.56 Å². The normalized spacial score (nSPS) is 11.9. The molecule has 5 nitrogen and oxygen atoms in total. The van der Waals surface area contributed by atoms with Gasteiger partial charge in [-0.15, -0.1) is 0 Å². The minimum Gasteiger partial charge on any atom is -0.481 e. The number of benzene rings is 1. The zero-order valence-electron chi connectivity index (χ0n) is 11.2. The highest BCUT2D eigenvalue weighted by molar-refractivity contribution is 5.75. The van der Waals surface area contributed by atoms with Crippen LogP contribution in [0.2, 0.25) is 0 Å². The largest absolute Gasteiger partial charge is 0.481 e. The lowest BCUT2D eigenvalue weighted by Crippen LogP contribution is -2.40. The second-order valence-corrected chi connectivity index (χ2v) is 4.68. The molecule has 104 valence electrons. The van der Waals surface area contributed by atoms with E-state index < -0.39 is 5.97 Å². The molecule has 0 spiro atoms. The maximum atomic E-state index is 11.7. The molecule has 0 saturated carbocycles. The second-order valence-electron chi connectivity index (χ2n) is 4.68. The number of carboxylic acid groups (broad SMARTS) is 1. The van der Waals surface area contributed by atoms with Gasteiger partial charge < -0.3 is 15.7 Å². The summed E-state index contributed by atoms with van der Waals surface area (Å²) in [5.74, 6) is -0.684. The maximum absolute atomic E-state index is 11.7. The zero-order valence-corrected chi connectivity index (χ0v) is 11.2. The van der Waals surface area contributed by atoms with Crippen molar-refractivity contribution in [3.8, 4) is 0 Å². The molecule has 1 aromatic rings. The first-order chi connectivity index (χ1) is 9.00. The van der Waals surface area contributed by atoms with Gasteiger partial charge in [-0.3, -0.25) is 4.79 Å². The summed E-state index contributed by atoms with van der Waals surface area (Å²) in [5, 5.41) is 13.9. The van der Waals surface area contributed by atoms with E-state index in [9.17, 15) is 9.59 Å². The predicted octanol–water partition coefficient (Wildman–Crippen LogP) is 2.16. The third-order valence-electron chi connectivity index (χ3n) is 2.74. The van der Waals surface area contributed by atoms with Crippen molar-refractivity contribution in [1.29, 1.82) is 0 Å². The van der Waals surface area contributed by atoms with Crippen molar-refractivity contribution in [2.75, 3.05) is 6.54 Å². The third-order valence-corrected chi connectivity index (χ3v) is 2.74. The van der Waals surface area contributed by atoms with E-state index in [0.29, 0.717) is 0 Å². The SMILES string of the molecule is CC(C)C(NC(=O)NCCC(=O)O)c1ccccc1. The number of rotatable bonds is 6. The first-order valence-electron chi connectivity index (χ1n) is 6.32. The predicted molar refractivity (Wildman–Crippen MR) is 72.8 cm³/mol. The minimum atomic E-state index is -0.927. The van der Waals surface area contributed by atoms with Crippen LogP contribution in [0.1, 0.15) is 31.9 Å². The van der Waals surface area contributed by atoms with Crippen LogP contribution >= 0.6 is 0 Å². The van der Waals surface area contributed by atoms with Gasteiger partial charge in [0.15, 0.2) is 0 Å².